The average molecular weight is 437 g/mol. The number of amides is 2. The predicted molar refractivity (Wildman–Crippen MR) is 125 cm³/mol. The highest BCUT2D eigenvalue weighted by molar-refractivity contribution is 8.18. The first-order chi connectivity index (χ1) is 14.5. The largest absolute Gasteiger partial charge is 0.494 e. The molecule has 0 atom stereocenters. The van der Waals surface area contributed by atoms with Crippen molar-refractivity contribution in [1.29, 1.82) is 0 Å². The van der Waals surface area contributed by atoms with Gasteiger partial charge in [-0.05, 0) is 83.3 Å². The van der Waals surface area contributed by atoms with E-state index in [1.807, 2.05) is 6.07 Å². The minimum atomic E-state index is -0.386. The van der Waals surface area contributed by atoms with E-state index in [0.717, 1.165) is 41.4 Å². The molecule has 1 saturated heterocycles. The number of hydrogen-bond acceptors (Lipinski definition) is 5. The molecule has 162 valence electrons. The van der Waals surface area contributed by atoms with E-state index in [0.29, 0.717) is 16.3 Å². The van der Waals surface area contributed by atoms with Crippen LogP contribution in [0.3, 0.4) is 0 Å². The normalized spacial score (nSPS) is 20.5. The minimum Gasteiger partial charge on any atom is -0.494 e. The lowest BCUT2D eigenvalue weighted by molar-refractivity contribution is -0.115. The zero-order valence-electron chi connectivity index (χ0n) is 18.9. The summed E-state index contributed by atoms with van der Waals surface area (Å²) in [5.74, 6) is 0.292. The molecule has 2 aliphatic rings. The van der Waals surface area contributed by atoms with E-state index in [2.05, 4.69) is 52.1 Å². The number of pyridine rings is 1. The maximum Gasteiger partial charge on any atom is 0.290 e. The van der Waals surface area contributed by atoms with Crippen LogP contribution in [0.1, 0.15) is 62.9 Å². The topological polar surface area (TPSA) is 68.3 Å². The number of fused-ring (bicyclic) bond motifs is 1. The molecule has 0 saturated carbocycles. The van der Waals surface area contributed by atoms with Gasteiger partial charge in [-0.3, -0.25) is 14.9 Å². The molecule has 1 aliphatic carbocycles. The second-order valence-corrected chi connectivity index (χ2v) is 10.6. The number of hydrogen-bond donors (Lipinski definition) is 1. The van der Waals surface area contributed by atoms with Gasteiger partial charge in [-0.25, -0.2) is 4.98 Å². The summed E-state index contributed by atoms with van der Waals surface area (Å²) in [4.78, 5) is 28.6. The smallest absolute Gasteiger partial charge is 0.290 e. The number of rotatable bonds is 3. The number of aryl methyl sites for hydroxylation is 1. The molecule has 0 spiro atoms. The molecule has 0 unspecified atom stereocenters. The summed E-state index contributed by atoms with van der Waals surface area (Å²) in [6.45, 7) is 11.4. The Morgan fingerprint density at radius 2 is 1.71 bits per heavy atom. The molecule has 31 heavy (non-hydrogen) atoms. The highest BCUT2D eigenvalue weighted by Gasteiger charge is 2.37. The van der Waals surface area contributed by atoms with Crippen molar-refractivity contribution in [3.05, 3.63) is 51.6 Å². The van der Waals surface area contributed by atoms with Gasteiger partial charge < -0.3 is 4.74 Å². The first-order valence-electron chi connectivity index (χ1n) is 10.5. The third-order valence-electron chi connectivity index (χ3n) is 6.47. The van der Waals surface area contributed by atoms with Crippen molar-refractivity contribution in [1.82, 2.24) is 10.3 Å². The van der Waals surface area contributed by atoms with E-state index < -0.39 is 0 Å². The van der Waals surface area contributed by atoms with Crippen LogP contribution in [0.5, 0.6) is 5.75 Å². The number of thioether (sulfide) groups is 1. The second-order valence-electron chi connectivity index (χ2n) is 9.62. The van der Waals surface area contributed by atoms with E-state index in [1.165, 1.54) is 11.1 Å². The zero-order chi connectivity index (χ0) is 22.6. The number of nitrogens with zero attached hydrogens (tertiary/aromatic N) is 1. The van der Waals surface area contributed by atoms with Crippen LogP contribution in [0, 0.1) is 6.92 Å². The number of methoxy groups -OCH3 is 1. The van der Waals surface area contributed by atoms with Crippen molar-refractivity contribution in [3.8, 4) is 17.0 Å². The van der Waals surface area contributed by atoms with Gasteiger partial charge in [0.2, 0.25) is 0 Å². The van der Waals surface area contributed by atoms with Gasteiger partial charge in [-0.15, -0.1) is 0 Å². The fourth-order valence-electron chi connectivity index (χ4n) is 4.43. The van der Waals surface area contributed by atoms with Crippen LogP contribution in [-0.2, 0) is 15.6 Å². The predicted octanol–water partition coefficient (Wildman–Crippen LogP) is 5.74. The van der Waals surface area contributed by atoms with Crippen LogP contribution < -0.4 is 10.1 Å². The molecule has 1 aromatic heterocycles. The molecule has 2 aromatic rings. The molecule has 2 heterocycles. The Kier molecular flexibility index (Phi) is 5.24. The van der Waals surface area contributed by atoms with Gasteiger partial charge in [0.05, 0.1) is 17.7 Å². The molecule has 1 fully saturated rings. The van der Waals surface area contributed by atoms with Gasteiger partial charge in [0.15, 0.2) is 0 Å². The molecule has 0 radical (unpaired) electrons. The molecule has 1 aromatic carbocycles. The van der Waals surface area contributed by atoms with Crippen LogP contribution in [0.15, 0.2) is 29.2 Å². The summed E-state index contributed by atoms with van der Waals surface area (Å²) in [6.07, 6.45) is 3.94. The van der Waals surface area contributed by atoms with Crippen molar-refractivity contribution in [2.45, 2.75) is 58.3 Å². The van der Waals surface area contributed by atoms with E-state index in [9.17, 15) is 9.59 Å². The van der Waals surface area contributed by atoms with E-state index in [-0.39, 0.29) is 22.0 Å². The molecule has 4 rings (SSSR count). The van der Waals surface area contributed by atoms with Crippen LogP contribution in [-0.4, -0.2) is 23.2 Å². The highest BCUT2D eigenvalue weighted by Crippen LogP contribution is 2.48. The summed E-state index contributed by atoms with van der Waals surface area (Å²) >= 11 is 0.892. The summed E-state index contributed by atoms with van der Waals surface area (Å²) in [6, 6.07) is 8.24. The molecular formula is C25H28N2O3S. The van der Waals surface area contributed by atoms with Crippen molar-refractivity contribution in [2.75, 3.05) is 7.11 Å². The van der Waals surface area contributed by atoms with Gasteiger partial charge in [0, 0.05) is 5.56 Å². The van der Waals surface area contributed by atoms with Crippen molar-refractivity contribution in [3.63, 3.8) is 0 Å². The number of carbonyl (C=O) groups excluding carboxylic acids is 2. The van der Waals surface area contributed by atoms with Crippen molar-refractivity contribution >= 4 is 29.0 Å². The third-order valence-corrected chi connectivity index (χ3v) is 7.28. The van der Waals surface area contributed by atoms with Gasteiger partial charge >= 0.3 is 0 Å². The second kappa shape index (κ2) is 7.52. The highest BCUT2D eigenvalue weighted by atomic mass is 32.2. The minimum absolute atomic E-state index is 0.0824. The molecule has 5 nitrogen and oxygen atoms in total. The third kappa shape index (κ3) is 3.89. The number of ether oxygens (including phenoxy) is 1. The quantitative estimate of drug-likeness (QED) is 0.622. The van der Waals surface area contributed by atoms with E-state index in [4.69, 9.17) is 9.72 Å². The molecule has 1 aliphatic heterocycles. The lowest BCUT2D eigenvalue weighted by atomic mass is 9.62. The van der Waals surface area contributed by atoms with E-state index in [1.54, 1.807) is 19.3 Å². The monoisotopic (exact) mass is 436 g/mol. The molecular weight excluding hydrogens is 408 g/mol. The molecule has 6 heteroatoms. The Morgan fingerprint density at radius 1 is 1.06 bits per heavy atom. The van der Waals surface area contributed by atoms with Gasteiger partial charge in [0.25, 0.3) is 11.1 Å². The maximum atomic E-state index is 11.9. The Hall–Kier alpha value is -2.60. The van der Waals surface area contributed by atoms with Gasteiger partial charge in [-0.2, -0.15) is 0 Å². The van der Waals surface area contributed by atoms with Crippen molar-refractivity contribution in [2.24, 2.45) is 0 Å². The maximum absolute atomic E-state index is 11.9. The van der Waals surface area contributed by atoms with Crippen LogP contribution >= 0.6 is 11.8 Å². The van der Waals surface area contributed by atoms with Gasteiger partial charge in [-0.1, -0.05) is 33.8 Å². The Morgan fingerprint density at radius 3 is 2.29 bits per heavy atom. The average Bonchev–Trinajstić information content (AvgIpc) is 3.02. The Balaban J connectivity index is 1.87. The lowest BCUT2D eigenvalue weighted by Gasteiger charge is -2.42. The molecule has 1 N–H and O–H groups in total. The number of carbonyl (C=O) groups is 2. The van der Waals surface area contributed by atoms with Gasteiger partial charge in [0.1, 0.15) is 11.4 Å². The number of aromatic nitrogens is 1. The standard InChI is InChI=1S/C25H28N2O3S/c1-14-11-17-18(25(4,5)10-9-24(17,2)3)13-16(14)21-19(30-6)8-7-15(26-21)12-20-22(28)27-23(29)31-20/h7-8,11-13H,9-10H2,1-6H3,(H,27,28,29)/b20-12+. The first-order valence-corrected chi connectivity index (χ1v) is 11.3. The number of nitrogens with one attached hydrogen (secondary N) is 1. The lowest BCUT2D eigenvalue weighted by Crippen LogP contribution is -2.34. The first kappa shape index (κ1) is 21.6. The van der Waals surface area contributed by atoms with Crippen molar-refractivity contribution < 1.29 is 14.3 Å². The number of benzene rings is 1. The summed E-state index contributed by atoms with van der Waals surface area (Å²) in [5, 5.41) is 1.92. The summed E-state index contributed by atoms with van der Waals surface area (Å²) in [7, 11) is 1.64. The Bertz CT molecular complexity index is 1130. The SMILES string of the molecule is COc1ccc(/C=C2/SC(=O)NC2=O)nc1-c1cc2c(cc1C)C(C)(C)CCC2(C)C. The van der Waals surface area contributed by atoms with Crippen LogP contribution in [0.4, 0.5) is 4.79 Å². The fraction of sp³-hybridized carbons (Fsp3) is 0.400. The summed E-state index contributed by atoms with van der Waals surface area (Å²) in [5.41, 5.74) is 6.50. The zero-order valence-corrected chi connectivity index (χ0v) is 19.7. The van der Waals surface area contributed by atoms with E-state index >= 15 is 0 Å². The van der Waals surface area contributed by atoms with Crippen LogP contribution in [0.2, 0.25) is 0 Å². The fourth-order valence-corrected chi connectivity index (χ4v) is 5.10. The van der Waals surface area contributed by atoms with Crippen LogP contribution in [0.25, 0.3) is 17.3 Å². The number of imide groups is 1. The Labute approximate surface area is 187 Å². The molecule has 0 bridgehead atoms. The summed E-state index contributed by atoms with van der Waals surface area (Å²) < 4.78 is 5.63. The molecule has 2 amide bonds.